The first-order chi connectivity index (χ1) is 21.9. The molecule has 0 atom stereocenters. The predicted molar refractivity (Wildman–Crippen MR) is 127 cm³/mol. The molecule has 1 saturated heterocycles. The Labute approximate surface area is 216 Å². The van der Waals surface area contributed by atoms with Gasteiger partial charge in [0.15, 0.2) is 5.69 Å². The van der Waals surface area contributed by atoms with Crippen molar-refractivity contribution in [1.82, 2.24) is 9.78 Å². The highest BCUT2D eigenvalue weighted by molar-refractivity contribution is 6.09. The lowest BCUT2D eigenvalue weighted by molar-refractivity contribution is -0.119. The minimum absolute atomic E-state index is 0.301. The number of carbonyl (C=O) groups excluding carboxylic acids is 3. The number of piperidine rings is 1. The van der Waals surface area contributed by atoms with Crippen LogP contribution in [0.15, 0.2) is 48.4 Å². The summed E-state index contributed by atoms with van der Waals surface area (Å²) in [5.74, 6) is -4.35. The van der Waals surface area contributed by atoms with E-state index in [2.05, 4.69) is 5.10 Å². The lowest BCUT2D eigenvalue weighted by Crippen LogP contribution is -2.39. The molecule has 1 fully saturated rings. The maximum Gasteiger partial charge on any atom is 0.277 e. The number of anilines is 2. The molecule has 0 unspecified atom stereocenters. The van der Waals surface area contributed by atoms with Crippen molar-refractivity contribution < 1.29 is 38.3 Å². The number of methoxy groups -OCH3 is 1. The van der Waals surface area contributed by atoms with Crippen LogP contribution in [0.25, 0.3) is 5.69 Å². The van der Waals surface area contributed by atoms with Crippen LogP contribution >= 0.6 is 0 Å². The predicted octanol–water partition coefficient (Wildman–Crippen LogP) is 2.70. The molecule has 0 aliphatic carbocycles. The van der Waals surface area contributed by atoms with Crippen LogP contribution in [0, 0.1) is 0 Å². The lowest BCUT2D eigenvalue weighted by Gasteiger charge is -2.29. The second-order valence-corrected chi connectivity index (χ2v) is 6.94. The largest absolute Gasteiger partial charge is 0.497 e. The van der Waals surface area contributed by atoms with Gasteiger partial charge in [-0.2, -0.15) is 5.10 Å². The molecule has 34 heavy (non-hydrogen) atoms. The Hall–Kier alpha value is -4.14. The standard InChI is InChI=1S/C25H25N5O4/c1-34-19-11-9-18(10-12-19)30-23-20(22(27-30)24(26)32)13-15-29(25(23)33)17-7-5-16(6-8-17)28-14-3-2-4-21(28)31/h5-12H,2-4,13-15H2,1H3,(H2,26,32)/i2D2,3D2,9D,10D,11D,12D,13D2,14D2,15D2. The van der Waals surface area contributed by atoms with Crippen molar-refractivity contribution in [3.05, 3.63) is 65.4 Å². The first kappa shape index (κ1) is 10.9. The van der Waals surface area contributed by atoms with Crippen LogP contribution in [-0.4, -0.2) is 47.6 Å². The van der Waals surface area contributed by atoms with Gasteiger partial charge >= 0.3 is 0 Å². The number of aromatic nitrogens is 2. The van der Waals surface area contributed by atoms with Gasteiger partial charge in [-0.15, -0.1) is 0 Å². The number of hydrogen-bond acceptors (Lipinski definition) is 5. The third-order valence-electron chi connectivity index (χ3n) is 4.93. The van der Waals surface area contributed by atoms with Crippen LogP contribution in [0.1, 0.15) is 64.9 Å². The molecule has 2 aliphatic heterocycles. The summed E-state index contributed by atoms with van der Waals surface area (Å²) in [6.45, 7) is -6.53. The van der Waals surface area contributed by atoms with Gasteiger partial charge in [-0.25, -0.2) is 4.68 Å². The number of amides is 3. The third kappa shape index (κ3) is 3.68. The number of carbonyl (C=O) groups is 3. The Morgan fingerprint density at radius 1 is 1.03 bits per heavy atom. The molecule has 3 heterocycles. The third-order valence-corrected chi connectivity index (χ3v) is 4.93. The topological polar surface area (TPSA) is 111 Å². The molecule has 3 aromatic rings. The van der Waals surface area contributed by atoms with Crippen LogP contribution in [0.2, 0.25) is 0 Å². The molecule has 5 rings (SSSR count). The number of nitrogens with zero attached hydrogens (tertiary/aromatic N) is 4. The van der Waals surface area contributed by atoms with Gasteiger partial charge in [0.05, 0.1) is 21.0 Å². The molecule has 0 saturated carbocycles. The fourth-order valence-corrected chi connectivity index (χ4v) is 3.34. The molecule has 2 aliphatic rings. The molecule has 2 aromatic carbocycles. The van der Waals surface area contributed by atoms with Crippen molar-refractivity contribution in [2.45, 2.75) is 25.5 Å². The highest BCUT2D eigenvalue weighted by atomic mass is 16.5. The minimum Gasteiger partial charge on any atom is -0.497 e. The van der Waals surface area contributed by atoms with E-state index in [1.807, 2.05) is 0 Å². The van der Waals surface area contributed by atoms with Crippen LogP contribution in [0.4, 0.5) is 11.4 Å². The summed E-state index contributed by atoms with van der Waals surface area (Å²) in [6.07, 6.45) is -10.3. The lowest BCUT2D eigenvalue weighted by atomic mass is 10.0. The van der Waals surface area contributed by atoms with E-state index in [0.29, 0.717) is 14.5 Å². The highest BCUT2D eigenvalue weighted by Crippen LogP contribution is 2.31. The SMILES string of the molecule is [2H]c1c([2H])c(-n2nc(C(N)=O)c3c2C(=O)N(c2ccc(N4C(=O)CC([2H])([2H])C([2H])([2H])C4([2H])[2H])cc2)C([2H])([2H])C3([2H])[2H])c([2H])c([2H])c1OC. The van der Waals surface area contributed by atoms with Crippen molar-refractivity contribution in [2.75, 3.05) is 29.9 Å². The van der Waals surface area contributed by atoms with Gasteiger partial charge in [-0.1, -0.05) is 0 Å². The summed E-state index contributed by atoms with van der Waals surface area (Å²) in [6, 6.07) is 0.964. The molecular weight excluding hydrogens is 434 g/mol. The quantitative estimate of drug-likeness (QED) is 0.613. The highest BCUT2D eigenvalue weighted by Gasteiger charge is 2.34. The zero-order valence-electron chi connectivity index (χ0n) is 31.5. The van der Waals surface area contributed by atoms with Gasteiger partial charge in [0.2, 0.25) is 5.91 Å². The zero-order chi connectivity index (χ0) is 36.3. The van der Waals surface area contributed by atoms with E-state index in [0.717, 1.165) is 31.4 Å². The average Bonchev–Trinajstić information content (AvgIpc) is 3.37. The Bertz CT molecular complexity index is 1880. The van der Waals surface area contributed by atoms with E-state index in [9.17, 15) is 14.4 Å². The van der Waals surface area contributed by atoms with Gasteiger partial charge in [-0.3, -0.25) is 14.4 Å². The van der Waals surface area contributed by atoms with Crippen LogP contribution in [-0.2, 0) is 11.2 Å². The van der Waals surface area contributed by atoms with E-state index >= 15 is 0 Å². The number of fused-ring (bicyclic) bond motifs is 1. The number of hydrogen-bond donors (Lipinski definition) is 1. The summed E-state index contributed by atoms with van der Waals surface area (Å²) < 4.78 is 122. The zero-order valence-corrected chi connectivity index (χ0v) is 17.5. The van der Waals surface area contributed by atoms with E-state index in [4.69, 9.17) is 29.7 Å². The summed E-state index contributed by atoms with van der Waals surface area (Å²) in [4.78, 5) is 40.2. The summed E-state index contributed by atoms with van der Waals surface area (Å²) in [5, 5.41) is 3.87. The summed E-state index contributed by atoms with van der Waals surface area (Å²) in [7, 11) is 1.09. The molecule has 2 N–H and O–H groups in total. The van der Waals surface area contributed by atoms with Gasteiger partial charge < -0.3 is 20.3 Å². The average molecular weight is 474 g/mol. The van der Waals surface area contributed by atoms with Crippen molar-refractivity contribution in [1.29, 1.82) is 0 Å². The molecule has 0 spiro atoms. The molecule has 0 radical (unpaired) electrons. The Morgan fingerprint density at radius 2 is 1.71 bits per heavy atom. The summed E-state index contributed by atoms with van der Waals surface area (Å²) in [5.41, 5.74) is 1.32. The fraction of sp³-hybridized carbons (Fsp3) is 0.280. The number of rotatable bonds is 5. The monoisotopic (exact) mass is 473 g/mol. The first-order valence-electron chi connectivity index (χ1n) is 16.8. The van der Waals surface area contributed by atoms with E-state index in [-0.39, 0.29) is 5.69 Å². The molecular formula is C25H25N5O4. The number of benzene rings is 2. The molecule has 174 valence electrons. The molecule has 3 amide bonds. The van der Waals surface area contributed by atoms with Crippen LogP contribution in [0.3, 0.4) is 0 Å². The molecule has 0 bridgehead atoms. The number of nitrogens with two attached hydrogens (primary N) is 1. The van der Waals surface area contributed by atoms with Gasteiger partial charge in [0.25, 0.3) is 11.8 Å². The smallest absolute Gasteiger partial charge is 0.277 e. The van der Waals surface area contributed by atoms with E-state index in [1.165, 1.54) is 0 Å². The normalized spacial score (nSPS) is 29.3. The van der Waals surface area contributed by atoms with Gasteiger partial charge in [0.1, 0.15) is 11.4 Å². The second-order valence-electron chi connectivity index (χ2n) is 6.94. The van der Waals surface area contributed by atoms with Crippen LogP contribution < -0.4 is 20.3 Å². The fourth-order valence-electron chi connectivity index (χ4n) is 3.34. The van der Waals surface area contributed by atoms with E-state index < -0.39 is 115 Å². The maximum atomic E-state index is 14.2. The minimum atomic E-state index is -3.32. The Kier molecular flexibility index (Phi) is 2.77. The van der Waals surface area contributed by atoms with Crippen molar-refractivity contribution in [2.24, 2.45) is 5.73 Å². The summed E-state index contributed by atoms with van der Waals surface area (Å²) >= 11 is 0. The Balaban J connectivity index is 1.71. The van der Waals surface area contributed by atoms with Gasteiger partial charge in [-0.05, 0) is 67.6 Å². The van der Waals surface area contributed by atoms with Crippen LogP contribution in [0.5, 0.6) is 5.75 Å². The second kappa shape index (κ2) is 8.66. The van der Waals surface area contributed by atoms with Crippen molar-refractivity contribution in [3.63, 3.8) is 0 Å². The molecule has 9 nitrogen and oxygen atoms in total. The molecule has 1 aromatic heterocycles. The van der Waals surface area contributed by atoms with Crippen molar-refractivity contribution >= 4 is 29.1 Å². The Morgan fingerprint density at radius 3 is 2.35 bits per heavy atom. The number of primary amides is 1. The number of ether oxygens (including phenoxy) is 1. The van der Waals surface area contributed by atoms with Gasteiger partial charge in [0, 0.05) is 47.3 Å². The van der Waals surface area contributed by atoms with E-state index in [1.54, 1.807) is 0 Å². The first-order valence-corrected chi connectivity index (χ1v) is 9.75. The molecule has 9 heteroatoms. The van der Waals surface area contributed by atoms with Crippen molar-refractivity contribution in [3.8, 4) is 11.4 Å². The maximum absolute atomic E-state index is 14.2.